The molecule has 0 aliphatic carbocycles. The second-order valence-corrected chi connectivity index (χ2v) is 8.04. The van der Waals surface area contributed by atoms with Crippen LogP contribution >= 0.6 is 0 Å². The van der Waals surface area contributed by atoms with Crippen LogP contribution in [0.25, 0.3) is 11.3 Å². The van der Waals surface area contributed by atoms with E-state index in [2.05, 4.69) is 37.5 Å². The predicted molar refractivity (Wildman–Crippen MR) is 128 cm³/mol. The van der Waals surface area contributed by atoms with Crippen molar-refractivity contribution in [1.29, 1.82) is 0 Å². The Morgan fingerprint density at radius 2 is 1.75 bits per heavy atom. The predicted octanol–water partition coefficient (Wildman–Crippen LogP) is 4.65. The van der Waals surface area contributed by atoms with Gasteiger partial charge in [-0.3, -0.25) is 4.90 Å². The number of hydrogen-bond acceptors (Lipinski definition) is 5. The second-order valence-electron chi connectivity index (χ2n) is 8.04. The fourth-order valence-electron chi connectivity index (χ4n) is 3.52. The van der Waals surface area contributed by atoms with Gasteiger partial charge in [-0.25, -0.2) is 4.68 Å². The van der Waals surface area contributed by atoms with Gasteiger partial charge >= 0.3 is 0 Å². The fourth-order valence-corrected chi connectivity index (χ4v) is 3.52. The molecule has 3 rings (SSSR count). The van der Waals surface area contributed by atoms with Crippen LogP contribution in [-0.2, 0) is 18.3 Å². The van der Waals surface area contributed by atoms with Gasteiger partial charge in [0, 0.05) is 31.7 Å². The number of aliphatic hydroxyl groups is 1. The van der Waals surface area contributed by atoms with Crippen molar-refractivity contribution >= 4 is 0 Å². The molecule has 0 fully saturated rings. The summed E-state index contributed by atoms with van der Waals surface area (Å²) in [5.74, 6) is 1.45. The van der Waals surface area contributed by atoms with Crippen molar-refractivity contribution in [2.75, 3.05) is 19.8 Å². The third-order valence-electron chi connectivity index (χ3n) is 5.18. The summed E-state index contributed by atoms with van der Waals surface area (Å²) in [5, 5.41) is 15.3. The van der Waals surface area contributed by atoms with Crippen LogP contribution in [-0.4, -0.2) is 51.7 Å². The number of aryl methyl sites for hydroxylation is 1. The fraction of sp³-hybridized carbons (Fsp3) is 0.346. The number of hydrogen-bond donors (Lipinski definition) is 1. The zero-order chi connectivity index (χ0) is 22.9. The van der Waals surface area contributed by atoms with E-state index >= 15 is 0 Å². The van der Waals surface area contributed by atoms with Crippen LogP contribution in [0.5, 0.6) is 11.6 Å². The van der Waals surface area contributed by atoms with E-state index in [1.165, 1.54) is 0 Å². The van der Waals surface area contributed by atoms with E-state index in [9.17, 15) is 5.11 Å². The third kappa shape index (κ3) is 6.29. The highest BCUT2D eigenvalue weighted by atomic mass is 16.5. The van der Waals surface area contributed by atoms with Crippen molar-refractivity contribution in [3.63, 3.8) is 0 Å². The molecule has 0 saturated carbocycles. The molecular weight excluding hydrogens is 402 g/mol. The van der Waals surface area contributed by atoms with E-state index in [4.69, 9.17) is 14.6 Å². The van der Waals surface area contributed by atoms with E-state index in [0.29, 0.717) is 25.6 Å². The minimum Gasteiger partial charge on any atom is -0.439 e. The van der Waals surface area contributed by atoms with Gasteiger partial charge in [0.1, 0.15) is 11.4 Å². The highest BCUT2D eigenvalue weighted by molar-refractivity contribution is 5.65. The average molecular weight is 436 g/mol. The lowest BCUT2D eigenvalue weighted by Crippen LogP contribution is -2.39. The lowest BCUT2D eigenvalue weighted by atomic mass is 10.1. The molecule has 6 heteroatoms. The van der Waals surface area contributed by atoms with Crippen molar-refractivity contribution in [2.24, 2.45) is 7.05 Å². The topological polar surface area (TPSA) is 59.8 Å². The summed E-state index contributed by atoms with van der Waals surface area (Å²) in [6.45, 7) is 9.63. The smallest absolute Gasteiger partial charge is 0.222 e. The van der Waals surface area contributed by atoms with Gasteiger partial charge in [0.05, 0.1) is 24.9 Å². The summed E-state index contributed by atoms with van der Waals surface area (Å²) in [5.41, 5.74) is 2.89. The van der Waals surface area contributed by atoms with Gasteiger partial charge in [-0.1, -0.05) is 54.6 Å². The summed E-state index contributed by atoms with van der Waals surface area (Å²) >= 11 is 0. The van der Waals surface area contributed by atoms with Crippen molar-refractivity contribution in [2.45, 2.75) is 32.5 Å². The summed E-state index contributed by atoms with van der Waals surface area (Å²) in [6, 6.07) is 20.0. The maximum absolute atomic E-state index is 10.5. The Kier molecular flexibility index (Phi) is 8.62. The molecule has 0 unspecified atom stereocenters. The molecule has 1 aromatic heterocycles. The molecule has 0 amide bonds. The summed E-state index contributed by atoms with van der Waals surface area (Å²) in [6.07, 6.45) is 1.08. The third-order valence-corrected chi connectivity index (χ3v) is 5.18. The van der Waals surface area contributed by atoms with Gasteiger partial charge in [-0.2, -0.15) is 5.10 Å². The summed E-state index contributed by atoms with van der Waals surface area (Å²) < 4.78 is 13.5. The molecule has 3 aromatic rings. The van der Waals surface area contributed by atoms with Crippen molar-refractivity contribution in [3.8, 4) is 22.9 Å². The van der Waals surface area contributed by atoms with E-state index in [1.807, 2.05) is 55.6 Å². The van der Waals surface area contributed by atoms with Gasteiger partial charge in [-0.15, -0.1) is 6.58 Å². The van der Waals surface area contributed by atoms with Crippen LogP contribution in [0, 0.1) is 0 Å². The first kappa shape index (κ1) is 23.7. The molecule has 0 aliphatic rings. The lowest BCUT2D eigenvalue weighted by molar-refractivity contribution is 0.0177. The molecule has 6 nitrogen and oxygen atoms in total. The zero-order valence-electron chi connectivity index (χ0n) is 19.1. The Balaban J connectivity index is 1.93. The molecule has 1 heterocycles. The molecule has 0 bridgehead atoms. The highest BCUT2D eigenvalue weighted by Gasteiger charge is 2.24. The summed E-state index contributed by atoms with van der Waals surface area (Å²) in [7, 11) is 1.89. The van der Waals surface area contributed by atoms with E-state index in [1.54, 1.807) is 10.8 Å². The Bertz CT molecular complexity index is 971. The SMILES string of the molecule is C=CCOC[C@H](O)CN(Cc1c(-c2ccccc2)nn(C)c1Oc1ccccc1)C(C)C. The van der Waals surface area contributed by atoms with E-state index in [-0.39, 0.29) is 12.6 Å². The Morgan fingerprint density at radius 3 is 2.38 bits per heavy atom. The Labute approximate surface area is 190 Å². The minimum atomic E-state index is -0.604. The van der Waals surface area contributed by atoms with Crippen LogP contribution in [0.3, 0.4) is 0 Å². The molecule has 0 saturated heterocycles. The lowest BCUT2D eigenvalue weighted by Gasteiger charge is -2.29. The first-order valence-corrected chi connectivity index (χ1v) is 10.9. The molecule has 2 aromatic carbocycles. The molecule has 1 N–H and O–H groups in total. The number of para-hydroxylation sites is 1. The number of ether oxygens (including phenoxy) is 2. The zero-order valence-corrected chi connectivity index (χ0v) is 19.1. The molecule has 0 radical (unpaired) electrons. The largest absolute Gasteiger partial charge is 0.439 e. The summed E-state index contributed by atoms with van der Waals surface area (Å²) in [4.78, 5) is 2.21. The number of benzene rings is 2. The Hall–Kier alpha value is -2.93. The first-order valence-electron chi connectivity index (χ1n) is 10.9. The second kappa shape index (κ2) is 11.6. The highest BCUT2D eigenvalue weighted by Crippen LogP contribution is 2.34. The molecule has 0 spiro atoms. The van der Waals surface area contributed by atoms with Crippen LogP contribution in [0.15, 0.2) is 73.3 Å². The standard InChI is InChI=1S/C26H33N3O3/c1-5-16-31-19-22(30)17-29(20(2)3)18-24-25(21-12-8-6-9-13-21)27-28(4)26(24)32-23-14-10-7-11-15-23/h5-15,20,22,30H,1,16-19H2,2-4H3/t22-/m1/s1. The van der Waals surface area contributed by atoms with Crippen molar-refractivity contribution in [3.05, 3.63) is 78.9 Å². The number of nitrogens with zero attached hydrogens (tertiary/aromatic N) is 3. The van der Waals surface area contributed by atoms with Crippen LogP contribution < -0.4 is 4.74 Å². The number of aliphatic hydroxyl groups excluding tert-OH is 1. The van der Waals surface area contributed by atoms with Crippen molar-refractivity contribution in [1.82, 2.24) is 14.7 Å². The van der Waals surface area contributed by atoms with E-state index < -0.39 is 6.10 Å². The van der Waals surface area contributed by atoms with Gasteiger partial charge in [0.25, 0.3) is 0 Å². The average Bonchev–Trinajstić information content (AvgIpc) is 3.10. The van der Waals surface area contributed by atoms with Crippen LogP contribution in [0.1, 0.15) is 19.4 Å². The first-order chi connectivity index (χ1) is 15.5. The molecule has 170 valence electrons. The Morgan fingerprint density at radius 1 is 1.09 bits per heavy atom. The van der Waals surface area contributed by atoms with Gasteiger partial charge < -0.3 is 14.6 Å². The normalized spacial score (nSPS) is 12.3. The molecule has 0 aliphatic heterocycles. The van der Waals surface area contributed by atoms with Gasteiger partial charge in [-0.05, 0) is 26.0 Å². The van der Waals surface area contributed by atoms with Crippen molar-refractivity contribution < 1.29 is 14.6 Å². The molecular formula is C26H33N3O3. The van der Waals surface area contributed by atoms with Crippen LogP contribution in [0.2, 0.25) is 0 Å². The molecule has 32 heavy (non-hydrogen) atoms. The maximum Gasteiger partial charge on any atom is 0.222 e. The quantitative estimate of drug-likeness (QED) is 0.331. The van der Waals surface area contributed by atoms with Gasteiger partial charge in [0.2, 0.25) is 5.88 Å². The number of rotatable bonds is 12. The monoisotopic (exact) mass is 435 g/mol. The van der Waals surface area contributed by atoms with Crippen LogP contribution in [0.4, 0.5) is 0 Å². The minimum absolute atomic E-state index is 0.206. The van der Waals surface area contributed by atoms with Gasteiger partial charge in [0.15, 0.2) is 0 Å². The maximum atomic E-state index is 10.5. The molecule has 1 atom stereocenters. The number of aromatic nitrogens is 2. The van der Waals surface area contributed by atoms with E-state index in [0.717, 1.165) is 22.6 Å².